The van der Waals surface area contributed by atoms with Crippen molar-refractivity contribution < 1.29 is 12.8 Å². The lowest BCUT2D eigenvalue weighted by atomic mass is 10.2. The lowest BCUT2D eigenvalue weighted by Crippen LogP contribution is -2.41. The number of hydrogen-bond acceptors (Lipinski definition) is 10. The van der Waals surface area contributed by atoms with Crippen molar-refractivity contribution in [2.75, 3.05) is 11.1 Å². The van der Waals surface area contributed by atoms with Crippen LogP contribution in [0.15, 0.2) is 35.7 Å². The number of amidine groups is 1. The molecule has 33 heavy (non-hydrogen) atoms. The van der Waals surface area contributed by atoms with Gasteiger partial charge in [-0.05, 0) is 19.1 Å². The van der Waals surface area contributed by atoms with Crippen molar-refractivity contribution in [2.45, 2.75) is 37.5 Å². The van der Waals surface area contributed by atoms with Crippen molar-refractivity contribution in [3.05, 3.63) is 47.8 Å². The highest BCUT2D eigenvalue weighted by Crippen LogP contribution is 2.28. The number of fused-ring (bicyclic) bond motifs is 1. The van der Waals surface area contributed by atoms with Crippen molar-refractivity contribution in [1.29, 1.82) is 5.26 Å². The van der Waals surface area contributed by atoms with E-state index in [0.29, 0.717) is 22.3 Å². The molecule has 3 aromatic heterocycles. The second kappa shape index (κ2) is 9.03. The minimum absolute atomic E-state index is 0.0117. The average molecular weight is 469 g/mol. The second-order valence-electron chi connectivity index (χ2n) is 7.72. The van der Waals surface area contributed by atoms with Crippen molar-refractivity contribution in [1.82, 2.24) is 19.9 Å². The summed E-state index contributed by atoms with van der Waals surface area (Å²) in [5.74, 6) is -1.01. The van der Waals surface area contributed by atoms with Crippen LogP contribution >= 0.6 is 0 Å². The first-order valence-electron chi connectivity index (χ1n) is 10.3. The molecule has 0 bridgehead atoms. The van der Waals surface area contributed by atoms with E-state index in [1.165, 1.54) is 38.6 Å². The molecule has 1 fully saturated rings. The third kappa shape index (κ3) is 5.04. The molecule has 0 amide bonds. The maximum atomic E-state index is 14.4. The Hall–Kier alpha value is -3.72. The van der Waals surface area contributed by atoms with Gasteiger partial charge in [0.05, 0.1) is 17.5 Å². The number of hydrogen-bond donors (Lipinski definition) is 2. The Kier molecular flexibility index (Phi) is 6.15. The molecular weight excluding hydrogens is 447 g/mol. The number of pyridine rings is 2. The topological polar surface area (TPSA) is 160 Å². The van der Waals surface area contributed by atoms with Gasteiger partial charge in [0.1, 0.15) is 34.4 Å². The molecule has 5 rings (SSSR count). The highest BCUT2D eigenvalue weighted by atomic mass is 32.2. The van der Waals surface area contributed by atoms with E-state index in [-0.39, 0.29) is 17.5 Å². The highest BCUT2D eigenvalue weighted by Gasteiger charge is 2.35. The number of aromatic nitrogens is 4. The number of nitriles is 1. The van der Waals surface area contributed by atoms with Gasteiger partial charge in [-0.25, -0.2) is 27.8 Å². The Morgan fingerprint density at radius 2 is 1.97 bits per heavy atom. The lowest BCUT2D eigenvalue weighted by Gasteiger charge is -2.23. The van der Waals surface area contributed by atoms with E-state index in [1.807, 2.05) is 6.07 Å². The van der Waals surface area contributed by atoms with E-state index < -0.39 is 32.7 Å². The first-order valence-corrected chi connectivity index (χ1v) is 12.0. The molecule has 3 N–H and O–H groups in total. The summed E-state index contributed by atoms with van der Waals surface area (Å²) in [7, 11) is -3.58. The molecule has 170 valence electrons. The number of sulfone groups is 1. The Bertz CT molecular complexity index is 1380. The Morgan fingerprint density at radius 3 is 2.64 bits per heavy atom. The van der Waals surface area contributed by atoms with E-state index in [0.717, 1.165) is 6.20 Å². The summed E-state index contributed by atoms with van der Waals surface area (Å²) in [5, 5.41) is 11.6. The monoisotopic (exact) mass is 468 g/mol. The SMILES string of the molecule is C1CC1.CC1C(N)=NC(c2nc(Nc3nccc4cc(C#N)cnc34)ncc2F)CS1(=O)=O. The van der Waals surface area contributed by atoms with Crippen LogP contribution in [-0.2, 0) is 9.84 Å². The predicted molar refractivity (Wildman–Crippen MR) is 121 cm³/mol. The summed E-state index contributed by atoms with van der Waals surface area (Å²) in [6.45, 7) is 1.44. The zero-order valence-corrected chi connectivity index (χ0v) is 18.5. The first kappa shape index (κ1) is 22.5. The van der Waals surface area contributed by atoms with Gasteiger partial charge < -0.3 is 11.1 Å². The van der Waals surface area contributed by atoms with E-state index in [9.17, 15) is 12.8 Å². The van der Waals surface area contributed by atoms with Gasteiger partial charge in [-0.3, -0.25) is 9.98 Å². The van der Waals surface area contributed by atoms with Crippen LogP contribution < -0.4 is 11.1 Å². The van der Waals surface area contributed by atoms with Crippen LogP contribution in [0.1, 0.15) is 43.5 Å². The molecule has 1 saturated carbocycles. The molecule has 0 spiro atoms. The minimum atomic E-state index is -3.58. The molecule has 1 aliphatic carbocycles. The largest absolute Gasteiger partial charge is 0.386 e. The number of nitrogens with two attached hydrogens (primary N) is 1. The smallest absolute Gasteiger partial charge is 0.228 e. The summed E-state index contributed by atoms with van der Waals surface area (Å²) in [5.41, 5.74) is 6.39. The third-order valence-corrected chi connectivity index (χ3v) is 7.15. The molecule has 1 aliphatic heterocycles. The fourth-order valence-corrected chi connectivity index (χ4v) is 4.39. The second-order valence-corrected chi connectivity index (χ2v) is 10.1. The summed E-state index contributed by atoms with van der Waals surface area (Å²) in [4.78, 5) is 20.5. The lowest BCUT2D eigenvalue weighted by molar-refractivity contribution is 0.555. The van der Waals surface area contributed by atoms with Crippen LogP contribution in [0.5, 0.6) is 0 Å². The fourth-order valence-electron chi connectivity index (χ4n) is 3.00. The van der Waals surface area contributed by atoms with Gasteiger partial charge in [-0.15, -0.1) is 0 Å². The fraction of sp³-hybridized carbons (Fsp3) is 0.333. The Labute approximate surface area is 189 Å². The van der Waals surface area contributed by atoms with Gasteiger partial charge in [0.2, 0.25) is 5.95 Å². The van der Waals surface area contributed by atoms with Gasteiger partial charge in [0.25, 0.3) is 0 Å². The normalized spacial score (nSPS) is 20.7. The van der Waals surface area contributed by atoms with Crippen LogP contribution in [0.25, 0.3) is 10.9 Å². The number of nitrogens with one attached hydrogen (secondary N) is 1. The Balaban J connectivity index is 0.000000799. The van der Waals surface area contributed by atoms with Crippen LogP contribution in [0, 0.1) is 17.1 Å². The van der Waals surface area contributed by atoms with Crippen molar-refractivity contribution in [3.8, 4) is 6.07 Å². The molecule has 12 heteroatoms. The minimum Gasteiger partial charge on any atom is -0.386 e. The molecule has 2 atom stereocenters. The number of aliphatic imine (C=N–C) groups is 1. The van der Waals surface area contributed by atoms with E-state index >= 15 is 0 Å². The van der Waals surface area contributed by atoms with E-state index in [4.69, 9.17) is 11.0 Å². The van der Waals surface area contributed by atoms with E-state index in [2.05, 4.69) is 30.2 Å². The van der Waals surface area contributed by atoms with Gasteiger partial charge in [-0.1, -0.05) is 19.3 Å². The molecule has 4 heterocycles. The summed E-state index contributed by atoms with van der Waals surface area (Å²) < 4.78 is 38.9. The molecule has 10 nitrogen and oxygen atoms in total. The van der Waals surface area contributed by atoms with Gasteiger partial charge in [0.15, 0.2) is 21.5 Å². The zero-order chi connectivity index (χ0) is 23.6. The van der Waals surface area contributed by atoms with Crippen molar-refractivity contribution in [2.24, 2.45) is 10.7 Å². The summed E-state index contributed by atoms with van der Waals surface area (Å²) >= 11 is 0. The van der Waals surface area contributed by atoms with Crippen molar-refractivity contribution in [3.63, 3.8) is 0 Å². The number of nitrogens with zero attached hydrogens (tertiary/aromatic N) is 6. The molecule has 2 unspecified atom stereocenters. The van der Waals surface area contributed by atoms with E-state index in [1.54, 1.807) is 12.1 Å². The molecule has 2 aliphatic rings. The quantitative estimate of drug-likeness (QED) is 0.588. The molecule has 0 aromatic carbocycles. The maximum absolute atomic E-state index is 14.4. The zero-order valence-electron chi connectivity index (χ0n) is 17.7. The van der Waals surface area contributed by atoms with Crippen LogP contribution in [0.4, 0.5) is 16.2 Å². The predicted octanol–water partition coefficient (Wildman–Crippen LogP) is 2.56. The first-order chi connectivity index (χ1) is 15.8. The third-order valence-electron chi connectivity index (χ3n) is 5.05. The summed E-state index contributed by atoms with van der Waals surface area (Å²) in [6, 6.07) is 4.27. The number of anilines is 2. The van der Waals surface area contributed by atoms with Crippen LogP contribution in [-0.4, -0.2) is 45.2 Å². The molecule has 3 aromatic rings. The summed E-state index contributed by atoms with van der Waals surface area (Å²) in [6.07, 6.45) is 8.34. The maximum Gasteiger partial charge on any atom is 0.228 e. The van der Waals surface area contributed by atoms with Gasteiger partial charge >= 0.3 is 0 Å². The Morgan fingerprint density at radius 1 is 1.21 bits per heavy atom. The molecule has 0 radical (unpaired) electrons. The van der Waals surface area contributed by atoms with Gasteiger partial charge in [-0.2, -0.15) is 5.26 Å². The standard InChI is InChI=1S/C18H15FN8O2S.C3H6/c1-9-16(21)25-13(8-30(9,28)29)15-12(19)7-24-18(26-15)27-17-14-11(2-3-22-17)4-10(5-20)6-23-14;1-2-3-1/h2-4,6-7,9,13H,8H2,1H3,(H2,21,25)(H,22,24,26,27);1-3H2. The highest BCUT2D eigenvalue weighted by molar-refractivity contribution is 7.92. The van der Waals surface area contributed by atoms with Crippen molar-refractivity contribution >= 4 is 38.3 Å². The molecular formula is C21H21FN8O2S. The number of rotatable bonds is 3. The number of halogens is 1. The van der Waals surface area contributed by atoms with Crippen LogP contribution in [0.2, 0.25) is 0 Å². The average Bonchev–Trinajstić information content (AvgIpc) is 3.68. The molecule has 0 saturated heterocycles. The van der Waals surface area contributed by atoms with Crippen LogP contribution in [0.3, 0.4) is 0 Å². The van der Waals surface area contributed by atoms with Gasteiger partial charge in [0, 0.05) is 17.8 Å².